The molecular formula is C18H15N5O2. The Morgan fingerprint density at radius 2 is 2.08 bits per heavy atom. The van der Waals surface area contributed by atoms with Gasteiger partial charge in [-0.15, -0.1) is 0 Å². The van der Waals surface area contributed by atoms with E-state index in [0.717, 1.165) is 16.8 Å². The first-order chi connectivity index (χ1) is 12.2. The number of aryl methyl sites for hydroxylation is 1. The average molecular weight is 333 g/mol. The summed E-state index contributed by atoms with van der Waals surface area (Å²) in [6.07, 6.45) is 4.81. The summed E-state index contributed by atoms with van der Waals surface area (Å²) >= 11 is 0. The van der Waals surface area contributed by atoms with E-state index >= 15 is 0 Å². The third kappa shape index (κ3) is 4.00. The summed E-state index contributed by atoms with van der Waals surface area (Å²) in [4.78, 5) is 19.7. The molecule has 25 heavy (non-hydrogen) atoms. The summed E-state index contributed by atoms with van der Waals surface area (Å²) in [5.74, 6) is 0.273. The number of rotatable bonds is 5. The largest absolute Gasteiger partial charge is 0.423 e. The van der Waals surface area contributed by atoms with Crippen LogP contribution in [0.1, 0.15) is 12.0 Å². The van der Waals surface area contributed by atoms with E-state index in [0.29, 0.717) is 17.5 Å². The van der Waals surface area contributed by atoms with Gasteiger partial charge >= 0.3 is 0 Å². The van der Waals surface area contributed by atoms with Gasteiger partial charge in [0, 0.05) is 29.3 Å². The highest BCUT2D eigenvalue weighted by molar-refractivity contribution is 5.92. The fourth-order valence-corrected chi connectivity index (χ4v) is 2.21. The van der Waals surface area contributed by atoms with Crippen molar-refractivity contribution >= 4 is 23.3 Å². The summed E-state index contributed by atoms with van der Waals surface area (Å²) in [5, 5.41) is 14.3. The van der Waals surface area contributed by atoms with Gasteiger partial charge in [0.05, 0.1) is 12.3 Å². The van der Waals surface area contributed by atoms with Gasteiger partial charge in [-0.1, -0.05) is 6.07 Å². The Kier molecular flexibility index (Phi) is 4.72. The Bertz CT molecular complexity index is 928. The van der Waals surface area contributed by atoms with Gasteiger partial charge in [-0.3, -0.25) is 9.78 Å². The molecule has 7 nitrogen and oxygen atoms in total. The molecule has 0 saturated heterocycles. The molecular weight excluding hydrogens is 318 g/mol. The van der Waals surface area contributed by atoms with E-state index in [4.69, 9.17) is 9.68 Å². The topological polar surface area (TPSA) is 104 Å². The van der Waals surface area contributed by atoms with Crippen LogP contribution in [0.25, 0.3) is 11.3 Å². The predicted octanol–water partition coefficient (Wildman–Crippen LogP) is 3.64. The Balaban J connectivity index is 1.78. The molecule has 0 atom stereocenters. The number of nitriles is 1. The Labute approximate surface area is 144 Å². The van der Waals surface area contributed by atoms with Crippen molar-refractivity contribution in [1.29, 1.82) is 5.26 Å². The lowest BCUT2D eigenvalue weighted by Crippen LogP contribution is -2.10. The lowest BCUT2D eigenvalue weighted by atomic mass is 10.2. The molecule has 0 aliphatic rings. The van der Waals surface area contributed by atoms with Crippen molar-refractivity contribution in [2.75, 3.05) is 10.6 Å². The number of benzene rings is 1. The molecule has 0 saturated carbocycles. The quantitative estimate of drug-likeness (QED) is 0.738. The number of anilines is 3. The summed E-state index contributed by atoms with van der Waals surface area (Å²) < 4.78 is 5.71. The highest BCUT2D eigenvalue weighted by Crippen LogP contribution is 2.27. The van der Waals surface area contributed by atoms with E-state index in [1.807, 2.05) is 31.2 Å². The van der Waals surface area contributed by atoms with Crippen molar-refractivity contribution in [3.05, 3.63) is 54.5 Å². The first-order valence-corrected chi connectivity index (χ1v) is 7.56. The van der Waals surface area contributed by atoms with E-state index in [2.05, 4.69) is 20.6 Å². The second-order valence-corrected chi connectivity index (χ2v) is 5.30. The first kappa shape index (κ1) is 16.2. The van der Waals surface area contributed by atoms with Crippen LogP contribution in [0.15, 0.2) is 53.3 Å². The van der Waals surface area contributed by atoms with Crippen LogP contribution in [0, 0.1) is 18.3 Å². The third-order valence-corrected chi connectivity index (χ3v) is 3.47. The number of hydrogen-bond donors (Lipinski definition) is 2. The molecule has 1 amide bonds. The Morgan fingerprint density at radius 1 is 1.28 bits per heavy atom. The van der Waals surface area contributed by atoms with Gasteiger partial charge in [0.25, 0.3) is 6.01 Å². The standard InChI is InChI=1S/C18H15N5O2/c1-12-2-3-14(22-17(24)4-7-19)10-15(12)23-18-21-11-16(25-18)13-5-8-20-9-6-13/h2-3,5-6,8-11H,4H2,1H3,(H,21,23)(H,22,24). The molecule has 2 N–H and O–H groups in total. The van der Waals surface area contributed by atoms with Crippen molar-refractivity contribution in [2.45, 2.75) is 13.3 Å². The third-order valence-electron chi connectivity index (χ3n) is 3.47. The minimum atomic E-state index is -0.353. The summed E-state index contributed by atoms with van der Waals surface area (Å²) in [6.45, 7) is 1.93. The number of carbonyl (C=O) groups is 1. The van der Waals surface area contributed by atoms with Crippen LogP contribution >= 0.6 is 0 Å². The Hall–Kier alpha value is -3.66. The van der Waals surface area contributed by atoms with Crippen LogP contribution in [-0.4, -0.2) is 15.9 Å². The number of carbonyl (C=O) groups excluding carboxylic acids is 1. The number of pyridine rings is 1. The molecule has 0 spiro atoms. The van der Waals surface area contributed by atoms with Crippen LogP contribution in [0.3, 0.4) is 0 Å². The van der Waals surface area contributed by atoms with Crippen molar-refractivity contribution in [3.63, 3.8) is 0 Å². The first-order valence-electron chi connectivity index (χ1n) is 7.56. The maximum atomic E-state index is 11.5. The molecule has 124 valence electrons. The van der Waals surface area contributed by atoms with Crippen molar-refractivity contribution in [1.82, 2.24) is 9.97 Å². The molecule has 0 fully saturated rings. The lowest BCUT2D eigenvalue weighted by Gasteiger charge is -2.09. The zero-order chi connectivity index (χ0) is 17.6. The fourth-order valence-electron chi connectivity index (χ4n) is 2.21. The number of aromatic nitrogens is 2. The number of hydrogen-bond acceptors (Lipinski definition) is 6. The zero-order valence-corrected chi connectivity index (χ0v) is 13.5. The smallest absolute Gasteiger partial charge is 0.299 e. The predicted molar refractivity (Wildman–Crippen MR) is 93.1 cm³/mol. The van der Waals surface area contributed by atoms with E-state index in [1.54, 1.807) is 30.7 Å². The zero-order valence-electron chi connectivity index (χ0n) is 13.5. The van der Waals surface area contributed by atoms with Crippen LogP contribution in [-0.2, 0) is 4.79 Å². The molecule has 0 unspecified atom stereocenters. The molecule has 0 aliphatic heterocycles. The van der Waals surface area contributed by atoms with Crippen molar-refractivity contribution < 1.29 is 9.21 Å². The van der Waals surface area contributed by atoms with Crippen molar-refractivity contribution in [2.24, 2.45) is 0 Å². The summed E-state index contributed by atoms with van der Waals surface area (Å²) in [7, 11) is 0. The van der Waals surface area contributed by atoms with E-state index in [1.165, 1.54) is 0 Å². The number of nitrogens with one attached hydrogen (secondary N) is 2. The van der Waals surface area contributed by atoms with Gasteiger partial charge in [0.1, 0.15) is 6.42 Å². The average Bonchev–Trinajstić information content (AvgIpc) is 3.07. The van der Waals surface area contributed by atoms with Gasteiger partial charge in [0.2, 0.25) is 5.91 Å². The van der Waals surface area contributed by atoms with Crippen LogP contribution in [0.2, 0.25) is 0 Å². The molecule has 3 aromatic rings. The number of oxazole rings is 1. The molecule has 0 radical (unpaired) electrons. The SMILES string of the molecule is Cc1ccc(NC(=O)CC#N)cc1Nc1ncc(-c2ccncc2)o1. The van der Waals surface area contributed by atoms with Gasteiger partial charge < -0.3 is 15.1 Å². The molecule has 7 heteroatoms. The van der Waals surface area contributed by atoms with Gasteiger partial charge in [0.15, 0.2) is 5.76 Å². The normalized spacial score (nSPS) is 10.1. The van der Waals surface area contributed by atoms with E-state index in [-0.39, 0.29) is 12.3 Å². The monoisotopic (exact) mass is 333 g/mol. The summed E-state index contributed by atoms with van der Waals surface area (Å²) in [5.41, 5.74) is 3.18. The fraction of sp³-hybridized carbons (Fsp3) is 0.111. The lowest BCUT2D eigenvalue weighted by molar-refractivity contribution is -0.115. The molecule has 2 aromatic heterocycles. The van der Waals surface area contributed by atoms with Gasteiger partial charge in [-0.05, 0) is 36.8 Å². The summed E-state index contributed by atoms with van der Waals surface area (Å²) in [6, 6.07) is 11.2. The maximum absolute atomic E-state index is 11.5. The highest BCUT2D eigenvalue weighted by atomic mass is 16.4. The maximum Gasteiger partial charge on any atom is 0.299 e. The Morgan fingerprint density at radius 3 is 2.84 bits per heavy atom. The van der Waals surface area contributed by atoms with Crippen LogP contribution < -0.4 is 10.6 Å². The number of amides is 1. The molecule has 1 aromatic carbocycles. The van der Waals surface area contributed by atoms with Crippen LogP contribution in [0.5, 0.6) is 0 Å². The van der Waals surface area contributed by atoms with Crippen LogP contribution in [0.4, 0.5) is 17.4 Å². The molecule has 0 aliphatic carbocycles. The van der Waals surface area contributed by atoms with Gasteiger partial charge in [-0.25, -0.2) is 4.98 Å². The van der Waals surface area contributed by atoms with E-state index < -0.39 is 0 Å². The second-order valence-electron chi connectivity index (χ2n) is 5.30. The minimum Gasteiger partial charge on any atom is -0.423 e. The molecule has 0 bridgehead atoms. The highest BCUT2D eigenvalue weighted by Gasteiger charge is 2.09. The second kappa shape index (κ2) is 7.27. The van der Waals surface area contributed by atoms with Gasteiger partial charge in [-0.2, -0.15) is 5.26 Å². The minimum absolute atomic E-state index is 0.189. The molecule has 2 heterocycles. The van der Waals surface area contributed by atoms with Crippen molar-refractivity contribution in [3.8, 4) is 17.4 Å². The number of nitrogens with zero attached hydrogens (tertiary/aromatic N) is 3. The van der Waals surface area contributed by atoms with E-state index in [9.17, 15) is 4.79 Å². The molecule has 3 rings (SSSR count).